The number of pyridine rings is 1. The maximum atomic E-state index is 13.7. The van der Waals surface area contributed by atoms with Crippen molar-refractivity contribution in [1.29, 1.82) is 0 Å². The van der Waals surface area contributed by atoms with Crippen LogP contribution in [-0.4, -0.2) is 39.2 Å². The smallest absolute Gasteiger partial charge is 0.431 e. The number of ether oxygens (including phenoxy) is 1. The van der Waals surface area contributed by atoms with E-state index in [0.29, 0.717) is 18.2 Å². The number of fused-ring (bicyclic) bond motifs is 3. The van der Waals surface area contributed by atoms with E-state index in [2.05, 4.69) is 14.9 Å². The molecule has 5 nitrogen and oxygen atoms in total. The Bertz CT molecular complexity index is 1080. The molecule has 2 atom stereocenters. The molecule has 2 fully saturated rings. The lowest BCUT2D eigenvalue weighted by atomic mass is 9.80. The van der Waals surface area contributed by atoms with Crippen molar-refractivity contribution in [2.75, 3.05) is 7.11 Å². The van der Waals surface area contributed by atoms with Crippen molar-refractivity contribution in [3.8, 4) is 5.75 Å². The molecule has 0 spiro atoms. The zero-order chi connectivity index (χ0) is 21.8. The Balaban J connectivity index is 1.44. The second kappa shape index (κ2) is 7.24. The SMILES string of the molecule is COc1ccc(C2(O)CC3CCC(C2)N3Cc2c(C(F)(F)F)[nH]c3ncccc23)cc1. The van der Waals surface area contributed by atoms with Crippen LogP contribution in [0.5, 0.6) is 5.75 Å². The van der Waals surface area contributed by atoms with Gasteiger partial charge in [-0.3, -0.25) is 4.90 Å². The fourth-order valence-corrected chi connectivity index (χ4v) is 5.38. The number of nitrogens with zero attached hydrogens (tertiary/aromatic N) is 2. The highest BCUT2D eigenvalue weighted by Gasteiger charge is 2.49. The van der Waals surface area contributed by atoms with Crippen LogP contribution >= 0.6 is 0 Å². The summed E-state index contributed by atoms with van der Waals surface area (Å²) in [6.45, 7) is 0.189. The zero-order valence-corrected chi connectivity index (χ0v) is 17.1. The molecule has 8 heteroatoms. The number of alkyl halides is 3. The van der Waals surface area contributed by atoms with Crippen molar-refractivity contribution in [1.82, 2.24) is 14.9 Å². The molecular weight excluding hydrogens is 407 g/mol. The van der Waals surface area contributed by atoms with Crippen molar-refractivity contribution in [2.24, 2.45) is 0 Å². The molecule has 31 heavy (non-hydrogen) atoms. The highest BCUT2D eigenvalue weighted by atomic mass is 19.4. The van der Waals surface area contributed by atoms with Crippen LogP contribution in [0, 0.1) is 0 Å². The van der Waals surface area contributed by atoms with Gasteiger partial charge in [0, 0.05) is 35.8 Å². The van der Waals surface area contributed by atoms with Crippen molar-refractivity contribution < 1.29 is 23.0 Å². The summed E-state index contributed by atoms with van der Waals surface area (Å²) in [5.41, 5.74) is -0.386. The molecule has 0 saturated carbocycles. The van der Waals surface area contributed by atoms with Crippen molar-refractivity contribution >= 4 is 11.0 Å². The third kappa shape index (κ3) is 3.47. The molecule has 0 amide bonds. The zero-order valence-electron chi connectivity index (χ0n) is 17.1. The number of aromatic amines is 1. The van der Waals surface area contributed by atoms with Gasteiger partial charge >= 0.3 is 6.18 Å². The molecule has 2 bridgehead atoms. The summed E-state index contributed by atoms with van der Waals surface area (Å²) in [6.07, 6.45) is -0.261. The van der Waals surface area contributed by atoms with E-state index in [-0.39, 0.29) is 29.8 Å². The molecule has 3 aromatic rings. The fourth-order valence-electron chi connectivity index (χ4n) is 5.38. The number of aliphatic hydroxyl groups is 1. The monoisotopic (exact) mass is 431 g/mol. The van der Waals surface area contributed by atoms with E-state index in [1.807, 2.05) is 24.3 Å². The summed E-state index contributed by atoms with van der Waals surface area (Å²) in [5.74, 6) is 0.723. The average molecular weight is 431 g/mol. The maximum absolute atomic E-state index is 13.7. The molecule has 4 heterocycles. The van der Waals surface area contributed by atoms with Crippen LogP contribution < -0.4 is 4.74 Å². The van der Waals surface area contributed by atoms with Gasteiger partial charge in [0.2, 0.25) is 0 Å². The first-order valence-electron chi connectivity index (χ1n) is 10.4. The second-order valence-electron chi connectivity index (χ2n) is 8.60. The second-order valence-corrected chi connectivity index (χ2v) is 8.60. The highest BCUT2D eigenvalue weighted by Crippen LogP contribution is 2.47. The number of piperidine rings is 1. The minimum absolute atomic E-state index is 0.0218. The molecule has 5 rings (SSSR count). The van der Waals surface area contributed by atoms with Crippen LogP contribution in [0.3, 0.4) is 0 Å². The van der Waals surface area contributed by atoms with Crippen LogP contribution in [0.25, 0.3) is 11.0 Å². The molecule has 164 valence electrons. The lowest BCUT2D eigenvalue weighted by Gasteiger charge is -2.44. The number of nitrogens with one attached hydrogen (secondary N) is 1. The summed E-state index contributed by atoms with van der Waals surface area (Å²) >= 11 is 0. The van der Waals surface area contributed by atoms with E-state index < -0.39 is 17.5 Å². The van der Waals surface area contributed by atoms with Crippen LogP contribution in [0.4, 0.5) is 13.2 Å². The first-order valence-corrected chi connectivity index (χ1v) is 10.4. The van der Waals surface area contributed by atoms with Crippen molar-refractivity contribution in [3.05, 3.63) is 59.4 Å². The van der Waals surface area contributed by atoms with Gasteiger partial charge in [-0.2, -0.15) is 13.2 Å². The van der Waals surface area contributed by atoms with Gasteiger partial charge in [0.1, 0.15) is 17.1 Å². The Morgan fingerprint density at radius 3 is 2.45 bits per heavy atom. The van der Waals surface area contributed by atoms with Crippen LogP contribution in [0.15, 0.2) is 42.6 Å². The largest absolute Gasteiger partial charge is 0.497 e. The molecule has 2 aromatic heterocycles. The van der Waals surface area contributed by atoms with E-state index in [1.54, 1.807) is 19.2 Å². The van der Waals surface area contributed by atoms with Gasteiger partial charge in [0.15, 0.2) is 0 Å². The Labute approximate surface area is 177 Å². The molecule has 2 unspecified atom stereocenters. The number of methoxy groups -OCH3 is 1. The number of halogens is 3. The highest BCUT2D eigenvalue weighted by molar-refractivity contribution is 5.81. The van der Waals surface area contributed by atoms with Gasteiger partial charge in [-0.1, -0.05) is 12.1 Å². The van der Waals surface area contributed by atoms with E-state index in [1.165, 1.54) is 6.20 Å². The van der Waals surface area contributed by atoms with Crippen LogP contribution in [0.1, 0.15) is 42.5 Å². The summed E-state index contributed by atoms with van der Waals surface area (Å²) in [4.78, 5) is 8.69. The molecular formula is C23H24F3N3O2. The van der Waals surface area contributed by atoms with Crippen LogP contribution in [0.2, 0.25) is 0 Å². The normalized spacial score (nSPS) is 26.5. The van der Waals surface area contributed by atoms with E-state index >= 15 is 0 Å². The molecule has 2 N–H and O–H groups in total. The third-order valence-corrected chi connectivity index (χ3v) is 6.85. The molecule has 2 aliphatic rings. The Hall–Kier alpha value is -2.58. The topological polar surface area (TPSA) is 61.4 Å². The Kier molecular flexibility index (Phi) is 4.75. The number of hydrogen-bond acceptors (Lipinski definition) is 4. The van der Waals surface area contributed by atoms with Gasteiger partial charge in [0.25, 0.3) is 0 Å². The first kappa shape index (κ1) is 20.3. The average Bonchev–Trinajstić information content (AvgIpc) is 3.24. The van der Waals surface area contributed by atoms with Crippen LogP contribution in [-0.2, 0) is 18.3 Å². The molecule has 0 aliphatic carbocycles. The number of hydrogen-bond donors (Lipinski definition) is 2. The minimum Gasteiger partial charge on any atom is -0.497 e. The van der Waals surface area contributed by atoms with Gasteiger partial charge in [-0.15, -0.1) is 0 Å². The summed E-state index contributed by atoms with van der Waals surface area (Å²) in [7, 11) is 1.60. The van der Waals surface area contributed by atoms with Crippen molar-refractivity contribution in [2.45, 2.75) is 56.1 Å². The summed E-state index contributed by atoms with van der Waals surface area (Å²) in [6, 6.07) is 10.8. The quantitative estimate of drug-likeness (QED) is 0.634. The molecule has 2 saturated heterocycles. The van der Waals surface area contributed by atoms with Crippen molar-refractivity contribution in [3.63, 3.8) is 0 Å². The summed E-state index contributed by atoms with van der Waals surface area (Å²) in [5, 5.41) is 11.9. The standard InChI is InChI=1S/C23H24F3N3O2/c1-31-17-8-4-14(5-9-17)22(30)11-15-6-7-16(12-22)29(15)13-19-18-3-2-10-27-21(18)28-20(19)23(24,25)26/h2-5,8-10,15-16,30H,6-7,11-13H2,1H3,(H,27,28). The first-order chi connectivity index (χ1) is 14.8. The molecule has 2 aliphatic heterocycles. The van der Waals surface area contributed by atoms with E-state index in [0.717, 1.165) is 24.2 Å². The van der Waals surface area contributed by atoms with Gasteiger partial charge in [-0.05, 0) is 55.5 Å². The van der Waals surface area contributed by atoms with Gasteiger partial charge in [-0.25, -0.2) is 4.98 Å². The number of H-pyrrole nitrogens is 1. The lowest BCUT2D eigenvalue weighted by molar-refractivity contribution is -0.141. The molecule has 1 aromatic carbocycles. The van der Waals surface area contributed by atoms with Gasteiger partial charge < -0.3 is 14.8 Å². The lowest BCUT2D eigenvalue weighted by Crippen LogP contribution is -2.49. The fraction of sp³-hybridized carbons (Fsp3) is 0.435. The Morgan fingerprint density at radius 1 is 1.16 bits per heavy atom. The van der Waals surface area contributed by atoms with E-state index in [4.69, 9.17) is 4.74 Å². The number of aromatic nitrogens is 2. The summed E-state index contributed by atoms with van der Waals surface area (Å²) < 4.78 is 46.4. The third-order valence-electron chi connectivity index (χ3n) is 6.85. The van der Waals surface area contributed by atoms with E-state index in [9.17, 15) is 18.3 Å². The van der Waals surface area contributed by atoms with Gasteiger partial charge in [0.05, 0.1) is 12.7 Å². The number of benzene rings is 1. The predicted molar refractivity (Wildman–Crippen MR) is 110 cm³/mol. The molecule has 0 radical (unpaired) electrons. The number of rotatable bonds is 4. The predicted octanol–water partition coefficient (Wildman–Crippen LogP) is 4.60. The minimum atomic E-state index is -4.48. The Morgan fingerprint density at radius 2 is 1.84 bits per heavy atom. The maximum Gasteiger partial charge on any atom is 0.431 e.